The Morgan fingerprint density at radius 1 is 1.00 bits per heavy atom. The molecule has 0 aliphatic rings. The smallest absolute Gasteiger partial charge is 0.161 e. The van der Waals surface area contributed by atoms with E-state index in [1.165, 1.54) is 0 Å². The van der Waals surface area contributed by atoms with E-state index in [1.54, 1.807) is 6.21 Å². The zero-order chi connectivity index (χ0) is 19.6. The first kappa shape index (κ1) is 20.0. The Labute approximate surface area is 161 Å². The third-order valence-electron chi connectivity index (χ3n) is 3.88. The number of hydrogen-bond donors (Lipinski definition) is 1. The second kappa shape index (κ2) is 9.97. The molecule has 3 heteroatoms. The SMILES string of the molecule is C=C(C)c1cccc(C(=N/C(=N)/C(C)=C/C=C\C)/N=C/c2ccccc2)c1. The molecule has 0 saturated carbocycles. The van der Waals surface area contributed by atoms with Gasteiger partial charge >= 0.3 is 0 Å². The van der Waals surface area contributed by atoms with E-state index in [0.717, 1.165) is 27.8 Å². The molecule has 0 radical (unpaired) electrons. The highest BCUT2D eigenvalue weighted by molar-refractivity contribution is 6.13. The lowest BCUT2D eigenvalue weighted by atomic mass is 10.1. The maximum atomic E-state index is 8.29. The molecule has 0 bridgehead atoms. The highest BCUT2D eigenvalue weighted by atomic mass is 14.9. The lowest BCUT2D eigenvalue weighted by Crippen LogP contribution is -2.05. The van der Waals surface area contributed by atoms with Crippen molar-refractivity contribution < 1.29 is 0 Å². The molecule has 0 heterocycles. The van der Waals surface area contributed by atoms with Crippen LogP contribution in [0.3, 0.4) is 0 Å². The summed E-state index contributed by atoms with van der Waals surface area (Å²) >= 11 is 0. The largest absolute Gasteiger partial charge is 0.283 e. The minimum Gasteiger partial charge on any atom is -0.283 e. The zero-order valence-corrected chi connectivity index (χ0v) is 16.1. The van der Waals surface area contributed by atoms with Crippen LogP contribution >= 0.6 is 0 Å². The minimum atomic E-state index is 0.189. The summed E-state index contributed by atoms with van der Waals surface area (Å²) in [5.74, 6) is 0.689. The summed E-state index contributed by atoms with van der Waals surface area (Å²) in [5.41, 5.74) is 4.61. The molecular weight excluding hydrogens is 330 g/mol. The number of rotatable bonds is 5. The molecule has 0 fully saturated rings. The van der Waals surface area contributed by atoms with Crippen LogP contribution < -0.4 is 0 Å². The molecule has 0 unspecified atom stereocenters. The van der Waals surface area contributed by atoms with Crippen molar-refractivity contribution in [3.05, 3.63) is 102 Å². The van der Waals surface area contributed by atoms with Gasteiger partial charge in [-0.05, 0) is 43.5 Å². The number of nitrogens with one attached hydrogen (secondary N) is 1. The zero-order valence-electron chi connectivity index (χ0n) is 16.1. The monoisotopic (exact) mass is 355 g/mol. The molecule has 0 atom stereocenters. The Balaban J connectivity index is 2.46. The van der Waals surface area contributed by atoms with Crippen LogP contribution in [0.4, 0.5) is 0 Å². The molecule has 3 nitrogen and oxygen atoms in total. The Morgan fingerprint density at radius 3 is 2.37 bits per heavy atom. The molecule has 2 rings (SSSR count). The van der Waals surface area contributed by atoms with E-state index in [9.17, 15) is 0 Å². The first-order valence-corrected chi connectivity index (χ1v) is 8.84. The fourth-order valence-electron chi connectivity index (χ4n) is 2.28. The Kier molecular flexibility index (Phi) is 7.38. The predicted octanol–water partition coefficient (Wildman–Crippen LogP) is 6.09. The molecule has 2 aromatic rings. The molecule has 1 N–H and O–H groups in total. The average Bonchev–Trinajstić information content (AvgIpc) is 2.69. The molecule has 0 aliphatic carbocycles. The van der Waals surface area contributed by atoms with Crippen LogP contribution in [0, 0.1) is 5.41 Å². The first-order valence-electron chi connectivity index (χ1n) is 8.84. The van der Waals surface area contributed by atoms with Crippen LogP contribution in [0.1, 0.15) is 37.5 Å². The highest BCUT2D eigenvalue weighted by Crippen LogP contribution is 2.15. The van der Waals surface area contributed by atoms with Gasteiger partial charge in [0.25, 0.3) is 0 Å². The predicted molar refractivity (Wildman–Crippen MR) is 118 cm³/mol. The van der Waals surface area contributed by atoms with Crippen molar-refractivity contribution in [3.63, 3.8) is 0 Å². The van der Waals surface area contributed by atoms with Gasteiger partial charge in [0.1, 0.15) is 5.84 Å². The number of allylic oxidation sites excluding steroid dienone is 4. The fraction of sp³-hybridized carbons (Fsp3) is 0.125. The van der Waals surface area contributed by atoms with Gasteiger partial charge in [-0.25, -0.2) is 9.98 Å². The first-order chi connectivity index (χ1) is 13.0. The van der Waals surface area contributed by atoms with Crippen molar-refractivity contribution >= 4 is 23.5 Å². The topological polar surface area (TPSA) is 48.6 Å². The van der Waals surface area contributed by atoms with E-state index in [0.29, 0.717) is 5.84 Å². The van der Waals surface area contributed by atoms with Gasteiger partial charge in [-0.15, -0.1) is 0 Å². The Bertz CT molecular complexity index is 929. The highest BCUT2D eigenvalue weighted by Gasteiger charge is 2.06. The molecule has 136 valence electrons. The minimum absolute atomic E-state index is 0.189. The van der Waals surface area contributed by atoms with Crippen LogP contribution in [0.5, 0.6) is 0 Å². The van der Waals surface area contributed by atoms with Crippen molar-refractivity contribution in [2.75, 3.05) is 0 Å². The Morgan fingerprint density at radius 2 is 1.70 bits per heavy atom. The third kappa shape index (κ3) is 6.15. The van der Waals surface area contributed by atoms with Crippen LogP contribution in [-0.2, 0) is 0 Å². The second-order valence-electron chi connectivity index (χ2n) is 6.19. The van der Waals surface area contributed by atoms with Gasteiger partial charge in [0.2, 0.25) is 0 Å². The third-order valence-corrected chi connectivity index (χ3v) is 3.88. The maximum Gasteiger partial charge on any atom is 0.161 e. The maximum absolute atomic E-state index is 8.29. The standard InChI is InChI=1S/C24H25N3/c1-5-6-11-19(4)23(25)27-24(26-17-20-12-8-7-9-13-20)22-15-10-14-21(16-22)18(2)3/h5-17,25H,2H2,1,3-4H3/b6-5-,19-11+,25-23?,26-17+,27-24-. The van der Waals surface area contributed by atoms with Gasteiger partial charge in [0.05, 0.1) is 0 Å². The van der Waals surface area contributed by atoms with Crippen molar-refractivity contribution in [3.8, 4) is 0 Å². The molecule has 2 aromatic carbocycles. The van der Waals surface area contributed by atoms with Gasteiger partial charge in [-0.3, -0.25) is 5.41 Å². The van der Waals surface area contributed by atoms with E-state index in [2.05, 4.69) is 16.6 Å². The summed E-state index contributed by atoms with van der Waals surface area (Å²) in [4.78, 5) is 9.06. The van der Waals surface area contributed by atoms with Gasteiger partial charge in [-0.2, -0.15) is 0 Å². The number of nitrogens with zero attached hydrogens (tertiary/aromatic N) is 2. The quantitative estimate of drug-likeness (QED) is 0.383. The lowest BCUT2D eigenvalue weighted by Gasteiger charge is -2.06. The number of benzene rings is 2. The molecule has 0 aromatic heterocycles. The molecule has 0 aliphatic heterocycles. The van der Waals surface area contributed by atoms with Crippen molar-refractivity contribution in [2.45, 2.75) is 20.8 Å². The lowest BCUT2D eigenvalue weighted by molar-refractivity contribution is 1.37. The van der Waals surface area contributed by atoms with Gasteiger partial charge in [0.15, 0.2) is 5.84 Å². The van der Waals surface area contributed by atoms with Gasteiger partial charge in [0, 0.05) is 11.8 Å². The van der Waals surface area contributed by atoms with Gasteiger partial charge < -0.3 is 0 Å². The summed E-state index contributed by atoms with van der Waals surface area (Å²) in [6.45, 7) is 9.78. The summed E-state index contributed by atoms with van der Waals surface area (Å²) < 4.78 is 0. The average molecular weight is 355 g/mol. The molecule has 0 saturated heterocycles. The molecule has 0 amide bonds. The normalized spacial score (nSPS) is 12.7. The fourth-order valence-corrected chi connectivity index (χ4v) is 2.28. The van der Waals surface area contributed by atoms with Gasteiger partial charge in [-0.1, -0.05) is 78.9 Å². The number of hydrogen-bond acceptors (Lipinski definition) is 1. The van der Waals surface area contributed by atoms with E-state index in [4.69, 9.17) is 5.41 Å². The summed E-state index contributed by atoms with van der Waals surface area (Å²) in [6.07, 6.45) is 7.46. The summed E-state index contributed by atoms with van der Waals surface area (Å²) in [5, 5.41) is 8.29. The van der Waals surface area contributed by atoms with E-state index in [-0.39, 0.29) is 5.84 Å². The van der Waals surface area contributed by atoms with E-state index in [1.807, 2.05) is 93.6 Å². The summed E-state index contributed by atoms with van der Waals surface area (Å²) in [7, 11) is 0. The van der Waals surface area contributed by atoms with Crippen LogP contribution in [0.2, 0.25) is 0 Å². The number of aliphatic imine (C=N–C) groups is 2. The van der Waals surface area contributed by atoms with E-state index < -0.39 is 0 Å². The van der Waals surface area contributed by atoms with Crippen LogP contribution in [-0.4, -0.2) is 17.9 Å². The van der Waals surface area contributed by atoms with E-state index >= 15 is 0 Å². The van der Waals surface area contributed by atoms with Crippen molar-refractivity contribution in [1.29, 1.82) is 5.41 Å². The second-order valence-corrected chi connectivity index (χ2v) is 6.19. The Hall–Kier alpha value is -3.33. The summed E-state index contributed by atoms with van der Waals surface area (Å²) in [6, 6.07) is 17.8. The number of amidine groups is 2. The van der Waals surface area contributed by atoms with Crippen LogP contribution in [0.15, 0.2) is 95.0 Å². The molecule has 0 spiro atoms. The molecule has 27 heavy (non-hydrogen) atoms. The van der Waals surface area contributed by atoms with Crippen molar-refractivity contribution in [2.24, 2.45) is 9.98 Å². The molecular formula is C24H25N3. The van der Waals surface area contributed by atoms with Crippen LogP contribution in [0.25, 0.3) is 5.57 Å². The van der Waals surface area contributed by atoms with Crippen molar-refractivity contribution in [1.82, 2.24) is 0 Å².